The summed E-state index contributed by atoms with van der Waals surface area (Å²) in [5, 5.41) is 4.90. The summed E-state index contributed by atoms with van der Waals surface area (Å²) in [4.78, 5) is 12.0. The molecule has 0 radical (unpaired) electrons. The van der Waals surface area contributed by atoms with Crippen molar-refractivity contribution in [2.75, 3.05) is 6.61 Å². The van der Waals surface area contributed by atoms with Crippen LogP contribution < -0.4 is 10.2 Å². The van der Waals surface area contributed by atoms with E-state index in [-0.39, 0.29) is 12.5 Å². The normalized spacial score (nSPS) is 11.1. The standard InChI is InChI=1S/C23H23Cl2N3O2/c1-4-17-5-8-20(9-6-17)28-15(2)11-18(16(28)3)13-26-27-23(29)14-30-22-10-7-19(24)12-21(22)25/h5-13H,4,14H2,1-3H3,(H,27,29)/b26-13+. The Balaban J connectivity index is 1.62. The fourth-order valence-corrected chi connectivity index (χ4v) is 3.60. The molecule has 0 aliphatic rings. The minimum Gasteiger partial charge on any atom is -0.482 e. The molecule has 156 valence electrons. The van der Waals surface area contributed by atoms with Gasteiger partial charge in [-0.05, 0) is 62.2 Å². The van der Waals surface area contributed by atoms with Crippen LogP contribution in [0.5, 0.6) is 5.75 Å². The quantitative estimate of drug-likeness (QED) is 0.387. The van der Waals surface area contributed by atoms with E-state index in [0.29, 0.717) is 15.8 Å². The molecule has 1 aromatic heterocycles. The molecule has 0 spiro atoms. The number of aromatic nitrogens is 1. The molecule has 0 unspecified atom stereocenters. The molecule has 0 aliphatic carbocycles. The van der Waals surface area contributed by atoms with E-state index in [1.54, 1.807) is 24.4 Å². The van der Waals surface area contributed by atoms with Gasteiger partial charge in [0, 0.05) is 27.7 Å². The predicted octanol–water partition coefficient (Wildman–Crippen LogP) is 5.49. The Morgan fingerprint density at radius 3 is 2.53 bits per heavy atom. The first kappa shape index (κ1) is 21.9. The number of nitrogens with one attached hydrogen (secondary N) is 1. The van der Waals surface area contributed by atoms with Crippen molar-refractivity contribution in [3.8, 4) is 11.4 Å². The number of rotatable bonds is 7. The highest BCUT2D eigenvalue weighted by Crippen LogP contribution is 2.27. The van der Waals surface area contributed by atoms with Gasteiger partial charge in [-0.15, -0.1) is 0 Å². The summed E-state index contributed by atoms with van der Waals surface area (Å²) in [6, 6.07) is 15.3. The highest BCUT2D eigenvalue weighted by atomic mass is 35.5. The summed E-state index contributed by atoms with van der Waals surface area (Å²) >= 11 is 11.9. The molecule has 7 heteroatoms. The van der Waals surface area contributed by atoms with Crippen LogP contribution in [-0.2, 0) is 11.2 Å². The van der Waals surface area contributed by atoms with Crippen LogP contribution in [0.3, 0.4) is 0 Å². The monoisotopic (exact) mass is 443 g/mol. The molecule has 2 aromatic carbocycles. The number of hydrogen-bond acceptors (Lipinski definition) is 3. The van der Waals surface area contributed by atoms with Crippen LogP contribution in [0.4, 0.5) is 0 Å². The third-order valence-electron chi connectivity index (χ3n) is 4.72. The van der Waals surface area contributed by atoms with Crippen molar-refractivity contribution in [3.63, 3.8) is 0 Å². The number of carbonyl (C=O) groups excluding carboxylic acids is 1. The third-order valence-corrected chi connectivity index (χ3v) is 5.25. The van der Waals surface area contributed by atoms with E-state index in [2.05, 4.69) is 46.3 Å². The largest absolute Gasteiger partial charge is 0.482 e. The summed E-state index contributed by atoms with van der Waals surface area (Å²) in [7, 11) is 0. The van der Waals surface area contributed by atoms with Crippen LogP contribution in [0.25, 0.3) is 5.69 Å². The number of benzene rings is 2. The molecule has 3 aromatic rings. The molecular formula is C23H23Cl2N3O2. The van der Waals surface area contributed by atoms with E-state index in [4.69, 9.17) is 27.9 Å². The molecule has 0 fully saturated rings. The van der Waals surface area contributed by atoms with E-state index in [0.717, 1.165) is 29.1 Å². The summed E-state index contributed by atoms with van der Waals surface area (Å²) < 4.78 is 7.56. The van der Waals surface area contributed by atoms with Crippen LogP contribution in [0.1, 0.15) is 29.4 Å². The molecule has 0 bridgehead atoms. The Kier molecular flexibility index (Phi) is 7.19. The molecule has 1 heterocycles. The van der Waals surface area contributed by atoms with Gasteiger partial charge in [0.2, 0.25) is 0 Å². The number of hydrazone groups is 1. The molecule has 1 amide bonds. The van der Waals surface area contributed by atoms with E-state index < -0.39 is 0 Å². The first-order valence-corrected chi connectivity index (χ1v) is 10.3. The zero-order chi connectivity index (χ0) is 21.7. The van der Waals surface area contributed by atoms with Gasteiger partial charge in [-0.1, -0.05) is 42.3 Å². The zero-order valence-corrected chi connectivity index (χ0v) is 18.6. The maximum Gasteiger partial charge on any atom is 0.277 e. The van der Waals surface area contributed by atoms with Crippen LogP contribution in [-0.4, -0.2) is 23.3 Å². The summed E-state index contributed by atoms with van der Waals surface area (Å²) in [5.41, 5.74) is 7.92. The topological polar surface area (TPSA) is 55.6 Å². The SMILES string of the molecule is CCc1ccc(-n2c(C)cc(/C=N/NC(=O)COc3ccc(Cl)cc3Cl)c2C)cc1. The zero-order valence-electron chi connectivity index (χ0n) is 17.1. The van der Waals surface area contributed by atoms with Gasteiger partial charge in [-0.3, -0.25) is 4.79 Å². The number of nitrogens with zero attached hydrogens (tertiary/aromatic N) is 2. The highest BCUT2D eigenvalue weighted by molar-refractivity contribution is 6.35. The summed E-state index contributed by atoms with van der Waals surface area (Å²) in [6.45, 7) is 6.00. The second-order valence-electron chi connectivity index (χ2n) is 6.84. The van der Waals surface area contributed by atoms with Gasteiger partial charge in [-0.25, -0.2) is 5.43 Å². The molecule has 1 N–H and O–H groups in total. The lowest BCUT2D eigenvalue weighted by atomic mass is 10.1. The van der Waals surface area contributed by atoms with E-state index in [9.17, 15) is 4.79 Å². The molecule has 0 saturated heterocycles. The Bertz CT molecular complexity index is 1070. The molecule has 0 aliphatic heterocycles. The lowest BCUT2D eigenvalue weighted by Crippen LogP contribution is -2.24. The molecular weight excluding hydrogens is 421 g/mol. The number of hydrogen-bond donors (Lipinski definition) is 1. The highest BCUT2D eigenvalue weighted by Gasteiger charge is 2.10. The van der Waals surface area contributed by atoms with Gasteiger partial charge < -0.3 is 9.30 Å². The second-order valence-corrected chi connectivity index (χ2v) is 7.68. The van der Waals surface area contributed by atoms with Crippen LogP contribution in [0, 0.1) is 13.8 Å². The Labute approximate surface area is 186 Å². The number of carbonyl (C=O) groups is 1. The Hall–Kier alpha value is -2.76. The molecule has 5 nitrogen and oxygen atoms in total. The van der Waals surface area contributed by atoms with Crippen molar-refractivity contribution in [1.82, 2.24) is 9.99 Å². The minimum atomic E-state index is -0.388. The number of amides is 1. The van der Waals surface area contributed by atoms with Crippen molar-refractivity contribution in [3.05, 3.63) is 81.1 Å². The first-order chi connectivity index (χ1) is 14.4. The average molecular weight is 444 g/mol. The van der Waals surface area contributed by atoms with Crippen LogP contribution >= 0.6 is 23.2 Å². The van der Waals surface area contributed by atoms with Crippen molar-refractivity contribution < 1.29 is 9.53 Å². The van der Waals surface area contributed by atoms with Crippen molar-refractivity contribution >= 4 is 35.3 Å². The number of halogens is 2. The summed E-state index contributed by atoms with van der Waals surface area (Å²) in [6.07, 6.45) is 2.64. The van der Waals surface area contributed by atoms with E-state index >= 15 is 0 Å². The maximum absolute atomic E-state index is 12.0. The van der Waals surface area contributed by atoms with Crippen LogP contribution in [0.2, 0.25) is 10.0 Å². The predicted molar refractivity (Wildman–Crippen MR) is 122 cm³/mol. The molecule has 3 rings (SSSR count). The first-order valence-electron chi connectivity index (χ1n) is 9.57. The van der Waals surface area contributed by atoms with Gasteiger partial charge in [0.15, 0.2) is 6.61 Å². The second kappa shape index (κ2) is 9.83. The maximum atomic E-state index is 12.0. The van der Waals surface area contributed by atoms with Gasteiger partial charge in [0.1, 0.15) is 5.75 Å². The smallest absolute Gasteiger partial charge is 0.277 e. The number of aryl methyl sites for hydroxylation is 2. The third kappa shape index (κ3) is 5.23. The van der Waals surface area contributed by atoms with Gasteiger partial charge in [-0.2, -0.15) is 5.10 Å². The van der Waals surface area contributed by atoms with E-state index in [1.165, 1.54) is 5.56 Å². The molecule has 0 saturated carbocycles. The van der Waals surface area contributed by atoms with Gasteiger partial charge in [0.25, 0.3) is 5.91 Å². The number of ether oxygens (including phenoxy) is 1. The van der Waals surface area contributed by atoms with Crippen molar-refractivity contribution in [2.24, 2.45) is 5.10 Å². The van der Waals surface area contributed by atoms with Gasteiger partial charge >= 0.3 is 0 Å². The lowest BCUT2D eigenvalue weighted by molar-refractivity contribution is -0.123. The molecule has 30 heavy (non-hydrogen) atoms. The Morgan fingerprint density at radius 1 is 1.13 bits per heavy atom. The minimum absolute atomic E-state index is 0.207. The Morgan fingerprint density at radius 2 is 1.87 bits per heavy atom. The van der Waals surface area contributed by atoms with Crippen LogP contribution in [0.15, 0.2) is 53.6 Å². The van der Waals surface area contributed by atoms with E-state index in [1.807, 2.05) is 19.9 Å². The van der Waals surface area contributed by atoms with Gasteiger partial charge in [0.05, 0.1) is 11.2 Å². The van der Waals surface area contributed by atoms with Crippen molar-refractivity contribution in [1.29, 1.82) is 0 Å². The average Bonchev–Trinajstić information content (AvgIpc) is 3.00. The molecule has 0 atom stereocenters. The fraction of sp³-hybridized carbons (Fsp3) is 0.217. The summed E-state index contributed by atoms with van der Waals surface area (Å²) in [5.74, 6) is -0.000868. The lowest BCUT2D eigenvalue weighted by Gasteiger charge is -2.10. The van der Waals surface area contributed by atoms with Crippen molar-refractivity contribution in [2.45, 2.75) is 27.2 Å². The fourth-order valence-electron chi connectivity index (χ4n) is 3.14.